The molecule has 3 aromatic rings. The number of aromatic nitrogens is 2. The highest BCUT2D eigenvalue weighted by Gasteiger charge is 2.13. The molecule has 0 radical (unpaired) electrons. The number of ether oxygens (including phenoxy) is 2. The number of rotatable bonds is 19. The summed E-state index contributed by atoms with van der Waals surface area (Å²) < 4.78 is 11.4. The summed E-state index contributed by atoms with van der Waals surface area (Å²) in [6.07, 6.45) is 20.8. The van der Waals surface area contributed by atoms with Gasteiger partial charge in [-0.15, -0.1) is 0 Å². The van der Waals surface area contributed by atoms with Crippen molar-refractivity contribution in [3.8, 4) is 29.0 Å². The third kappa shape index (κ3) is 11.4. The zero-order valence-corrected chi connectivity index (χ0v) is 24.9. The molecule has 0 atom stereocenters. The van der Waals surface area contributed by atoms with Crippen LogP contribution >= 0.6 is 0 Å². The number of unbranched alkanes of at least 4 members (excludes halogenated alkanes) is 11. The van der Waals surface area contributed by atoms with Crippen LogP contribution in [0.2, 0.25) is 0 Å². The van der Waals surface area contributed by atoms with Crippen molar-refractivity contribution in [1.29, 1.82) is 5.26 Å². The standard InChI is InChI=1S/C35H45N3O3/c1-3-5-7-9-11-13-15-23-40-33-22-19-30(24-31(33)25-36)35(39)41-32-20-17-29(18-21-32)34-37-26-28(27-38-34)16-14-12-10-8-6-4-2/h17-22,24,26-27H,3-16,23H2,1-2H3. The van der Waals surface area contributed by atoms with Gasteiger partial charge in [-0.1, -0.05) is 84.5 Å². The topological polar surface area (TPSA) is 85.1 Å². The van der Waals surface area contributed by atoms with Gasteiger partial charge in [-0.3, -0.25) is 0 Å². The van der Waals surface area contributed by atoms with Gasteiger partial charge >= 0.3 is 5.97 Å². The minimum atomic E-state index is -0.525. The monoisotopic (exact) mass is 555 g/mol. The van der Waals surface area contributed by atoms with Crippen molar-refractivity contribution in [3.63, 3.8) is 0 Å². The Balaban J connectivity index is 1.46. The molecule has 0 aliphatic carbocycles. The van der Waals surface area contributed by atoms with Crippen LogP contribution in [0.25, 0.3) is 11.4 Å². The maximum Gasteiger partial charge on any atom is 0.343 e. The van der Waals surface area contributed by atoms with Gasteiger partial charge in [0.15, 0.2) is 5.82 Å². The Labute approximate surface area is 246 Å². The third-order valence-electron chi connectivity index (χ3n) is 7.19. The van der Waals surface area contributed by atoms with E-state index in [2.05, 4.69) is 29.9 Å². The lowest BCUT2D eigenvalue weighted by molar-refractivity contribution is 0.0734. The van der Waals surface area contributed by atoms with Gasteiger partial charge < -0.3 is 9.47 Å². The van der Waals surface area contributed by atoms with Crippen LogP contribution in [0.15, 0.2) is 54.9 Å². The summed E-state index contributed by atoms with van der Waals surface area (Å²) in [4.78, 5) is 21.8. The molecule has 0 N–H and O–H groups in total. The first-order valence-corrected chi connectivity index (χ1v) is 15.4. The third-order valence-corrected chi connectivity index (χ3v) is 7.19. The van der Waals surface area contributed by atoms with Crippen LogP contribution in [-0.2, 0) is 6.42 Å². The maximum absolute atomic E-state index is 12.8. The number of nitrogens with zero attached hydrogens (tertiary/aromatic N) is 3. The molecule has 0 saturated carbocycles. The molecule has 0 unspecified atom stereocenters. The predicted molar refractivity (Wildman–Crippen MR) is 164 cm³/mol. The lowest BCUT2D eigenvalue weighted by Gasteiger charge is -2.10. The van der Waals surface area contributed by atoms with E-state index in [0.29, 0.717) is 35.1 Å². The van der Waals surface area contributed by atoms with Gasteiger partial charge in [-0.2, -0.15) is 5.26 Å². The second-order valence-electron chi connectivity index (χ2n) is 10.6. The second-order valence-corrected chi connectivity index (χ2v) is 10.6. The number of carbonyl (C=O) groups is 1. The van der Waals surface area contributed by atoms with Crippen molar-refractivity contribution >= 4 is 5.97 Å². The molecule has 0 saturated heterocycles. The van der Waals surface area contributed by atoms with Crippen LogP contribution in [0.4, 0.5) is 0 Å². The first-order valence-electron chi connectivity index (χ1n) is 15.4. The highest BCUT2D eigenvalue weighted by Crippen LogP contribution is 2.23. The molecular weight excluding hydrogens is 510 g/mol. The fourth-order valence-corrected chi connectivity index (χ4v) is 4.69. The SMILES string of the molecule is CCCCCCCCCOc1ccc(C(=O)Oc2ccc(-c3ncc(CCCCCCCC)cn3)cc2)cc1C#N. The zero-order chi connectivity index (χ0) is 29.1. The molecule has 218 valence electrons. The molecule has 41 heavy (non-hydrogen) atoms. The number of hydrogen-bond donors (Lipinski definition) is 0. The van der Waals surface area contributed by atoms with Crippen LogP contribution in [0.1, 0.15) is 119 Å². The second kappa shape index (κ2) is 18.6. The molecule has 2 aromatic carbocycles. The van der Waals surface area contributed by atoms with Crippen molar-refractivity contribution in [3.05, 3.63) is 71.5 Å². The van der Waals surface area contributed by atoms with Gasteiger partial charge in [0.05, 0.1) is 17.7 Å². The van der Waals surface area contributed by atoms with E-state index >= 15 is 0 Å². The largest absolute Gasteiger partial charge is 0.492 e. The summed E-state index contributed by atoms with van der Waals surface area (Å²) in [6.45, 7) is 5.01. The van der Waals surface area contributed by atoms with Gasteiger partial charge in [0.2, 0.25) is 0 Å². The number of hydrogen-bond acceptors (Lipinski definition) is 6. The molecule has 0 aliphatic heterocycles. The Morgan fingerprint density at radius 1 is 0.780 bits per heavy atom. The first-order chi connectivity index (χ1) is 20.1. The van der Waals surface area contributed by atoms with Crippen LogP contribution < -0.4 is 9.47 Å². The van der Waals surface area contributed by atoms with E-state index in [1.54, 1.807) is 24.3 Å². The molecule has 6 nitrogen and oxygen atoms in total. The van der Waals surface area contributed by atoms with Crippen LogP contribution in [0.3, 0.4) is 0 Å². The van der Waals surface area contributed by atoms with E-state index in [1.807, 2.05) is 24.5 Å². The summed E-state index contributed by atoms with van der Waals surface area (Å²) >= 11 is 0. The number of aryl methyl sites for hydroxylation is 1. The van der Waals surface area contributed by atoms with Crippen molar-refractivity contribution in [2.75, 3.05) is 6.61 Å². The molecule has 0 amide bonds. The molecule has 1 heterocycles. The first kappa shape index (κ1) is 31.8. The quantitative estimate of drug-likeness (QED) is 0.0832. The van der Waals surface area contributed by atoms with E-state index in [4.69, 9.17) is 9.47 Å². The number of benzene rings is 2. The maximum atomic E-state index is 12.8. The molecule has 0 bridgehead atoms. The Hall–Kier alpha value is -3.72. The molecule has 0 aliphatic rings. The average Bonchev–Trinajstić information content (AvgIpc) is 3.01. The number of carbonyl (C=O) groups excluding carboxylic acids is 1. The fourth-order valence-electron chi connectivity index (χ4n) is 4.69. The van der Waals surface area contributed by atoms with E-state index in [0.717, 1.165) is 36.8 Å². The molecule has 0 fully saturated rings. The van der Waals surface area contributed by atoms with Crippen molar-refractivity contribution in [1.82, 2.24) is 9.97 Å². The zero-order valence-electron chi connectivity index (χ0n) is 24.9. The Morgan fingerprint density at radius 2 is 1.39 bits per heavy atom. The van der Waals surface area contributed by atoms with Crippen LogP contribution in [0.5, 0.6) is 11.5 Å². The summed E-state index contributed by atoms with van der Waals surface area (Å²) in [5.41, 5.74) is 2.64. The summed E-state index contributed by atoms with van der Waals surface area (Å²) in [5.74, 6) is 1.03. The Bertz CT molecular complexity index is 1220. The summed E-state index contributed by atoms with van der Waals surface area (Å²) in [7, 11) is 0. The minimum Gasteiger partial charge on any atom is -0.492 e. The van der Waals surface area contributed by atoms with Gasteiger partial charge in [-0.05, 0) is 67.3 Å². The number of esters is 1. The van der Waals surface area contributed by atoms with E-state index in [-0.39, 0.29) is 0 Å². The van der Waals surface area contributed by atoms with Gasteiger partial charge in [0, 0.05) is 18.0 Å². The van der Waals surface area contributed by atoms with Gasteiger partial charge in [0.1, 0.15) is 17.6 Å². The Morgan fingerprint density at radius 3 is 2.02 bits per heavy atom. The number of nitriles is 1. The predicted octanol–water partition coefficient (Wildman–Crippen LogP) is 9.27. The lowest BCUT2D eigenvalue weighted by Crippen LogP contribution is -2.09. The molecular formula is C35H45N3O3. The molecule has 6 heteroatoms. The van der Waals surface area contributed by atoms with Crippen LogP contribution in [0, 0.1) is 11.3 Å². The molecule has 1 aromatic heterocycles. The van der Waals surface area contributed by atoms with Crippen molar-refractivity contribution in [2.45, 2.75) is 104 Å². The average molecular weight is 556 g/mol. The van der Waals surface area contributed by atoms with Crippen molar-refractivity contribution in [2.24, 2.45) is 0 Å². The molecule has 0 spiro atoms. The van der Waals surface area contributed by atoms with Gasteiger partial charge in [0.25, 0.3) is 0 Å². The highest BCUT2D eigenvalue weighted by atomic mass is 16.5. The van der Waals surface area contributed by atoms with Gasteiger partial charge in [-0.25, -0.2) is 14.8 Å². The highest BCUT2D eigenvalue weighted by molar-refractivity contribution is 5.91. The van der Waals surface area contributed by atoms with Crippen molar-refractivity contribution < 1.29 is 14.3 Å². The lowest BCUT2D eigenvalue weighted by atomic mass is 10.1. The Kier molecular flexibility index (Phi) is 14.4. The van der Waals surface area contributed by atoms with Crippen LogP contribution in [-0.4, -0.2) is 22.5 Å². The normalized spacial score (nSPS) is 10.8. The minimum absolute atomic E-state index is 0.304. The fraction of sp³-hybridized carbons (Fsp3) is 0.486. The summed E-state index contributed by atoms with van der Waals surface area (Å²) in [5, 5.41) is 9.58. The van der Waals surface area contributed by atoms with E-state index in [9.17, 15) is 10.1 Å². The van der Waals surface area contributed by atoms with E-state index < -0.39 is 5.97 Å². The summed E-state index contributed by atoms with van der Waals surface area (Å²) in [6, 6.07) is 14.1. The smallest absolute Gasteiger partial charge is 0.343 e. The molecule has 3 rings (SSSR count). The van der Waals surface area contributed by atoms with E-state index in [1.165, 1.54) is 70.3 Å².